The fraction of sp³-hybridized carbons (Fsp3) is 0.444. The highest BCUT2D eigenvalue weighted by Gasteiger charge is 2.32. The summed E-state index contributed by atoms with van der Waals surface area (Å²) in [7, 11) is 0. The van der Waals surface area contributed by atoms with E-state index in [0.29, 0.717) is 0 Å². The number of hydrogen-bond donors (Lipinski definition) is 2. The molecule has 1 aromatic rings. The van der Waals surface area contributed by atoms with Gasteiger partial charge in [0.25, 0.3) is 0 Å². The summed E-state index contributed by atoms with van der Waals surface area (Å²) in [5.41, 5.74) is -0.513. The third kappa shape index (κ3) is 1.58. The summed E-state index contributed by atoms with van der Waals surface area (Å²) in [5, 5.41) is 18.5. The van der Waals surface area contributed by atoms with E-state index in [2.05, 4.69) is 0 Å². The van der Waals surface area contributed by atoms with Crippen molar-refractivity contribution in [2.75, 3.05) is 0 Å². The maximum Gasteiger partial charge on any atom is 0.226 e. The second-order valence-corrected chi connectivity index (χ2v) is 3.31. The molecular weight excluding hydrogens is 172 g/mol. The van der Waals surface area contributed by atoms with E-state index in [-0.39, 0.29) is 11.7 Å². The molecule has 4 nitrogen and oxygen atoms in total. The van der Waals surface area contributed by atoms with Crippen molar-refractivity contribution in [2.45, 2.75) is 18.9 Å². The van der Waals surface area contributed by atoms with E-state index in [0.717, 1.165) is 25.2 Å². The zero-order valence-corrected chi connectivity index (χ0v) is 6.93. The summed E-state index contributed by atoms with van der Waals surface area (Å²) in [6.45, 7) is 0. The van der Waals surface area contributed by atoms with Crippen molar-refractivity contribution in [3.63, 3.8) is 0 Å². The first-order chi connectivity index (χ1) is 6.18. The highest BCUT2D eigenvalue weighted by molar-refractivity contribution is 5.17. The van der Waals surface area contributed by atoms with Crippen molar-refractivity contribution in [3.05, 3.63) is 28.3 Å². The smallest absolute Gasteiger partial charge is 0.226 e. The van der Waals surface area contributed by atoms with E-state index < -0.39 is 17.3 Å². The minimum Gasteiger partial charge on any atom is -0.502 e. The largest absolute Gasteiger partial charge is 0.502 e. The lowest BCUT2D eigenvalue weighted by molar-refractivity contribution is 0.124. The molecule has 4 heteroatoms. The summed E-state index contributed by atoms with van der Waals surface area (Å²) in [6, 6.07) is 1.14. The number of hydrogen-bond acceptors (Lipinski definition) is 4. The van der Waals surface area contributed by atoms with Crippen molar-refractivity contribution in [2.24, 2.45) is 5.92 Å². The SMILES string of the molecule is O=c1cc(C(O)C2CC2)occ1O. The molecule has 2 N–H and O–H groups in total. The molecule has 0 radical (unpaired) electrons. The van der Waals surface area contributed by atoms with Crippen LogP contribution in [0.4, 0.5) is 0 Å². The standard InChI is InChI=1S/C9H10O4/c10-6-3-8(13-4-7(6)11)9(12)5-1-2-5/h3-5,9,11-12H,1-2H2. The van der Waals surface area contributed by atoms with Crippen LogP contribution in [0, 0.1) is 5.92 Å². The van der Waals surface area contributed by atoms with Gasteiger partial charge < -0.3 is 14.6 Å². The Bertz CT molecular complexity index is 364. The van der Waals surface area contributed by atoms with Gasteiger partial charge in [-0.25, -0.2) is 0 Å². The van der Waals surface area contributed by atoms with Crippen molar-refractivity contribution in [1.82, 2.24) is 0 Å². The molecule has 1 atom stereocenters. The molecule has 1 unspecified atom stereocenters. The monoisotopic (exact) mass is 182 g/mol. The average molecular weight is 182 g/mol. The zero-order valence-electron chi connectivity index (χ0n) is 6.93. The van der Waals surface area contributed by atoms with Crippen LogP contribution in [0.5, 0.6) is 5.75 Å². The van der Waals surface area contributed by atoms with Gasteiger partial charge in [-0.1, -0.05) is 0 Å². The Morgan fingerprint density at radius 2 is 2.23 bits per heavy atom. The molecule has 1 saturated carbocycles. The van der Waals surface area contributed by atoms with Gasteiger partial charge in [0.1, 0.15) is 18.1 Å². The van der Waals surface area contributed by atoms with E-state index >= 15 is 0 Å². The van der Waals surface area contributed by atoms with Crippen LogP contribution in [-0.4, -0.2) is 10.2 Å². The Balaban J connectivity index is 2.30. The van der Waals surface area contributed by atoms with Gasteiger partial charge in [-0.2, -0.15) is 0 Å². The first-order valence-corrected chi connectivity index (χ1v) is 4.18. The van der Waals surface area contributed by atoms with E-state index in [9.17, 15) is 9.90 Å². The van der Waals surface area contributed by atoms with Crippen molar-refractivity contribution < 1.29 is 14.6 Å². The lowest BCUT2D eigenvalue weighted by Crippen LogP contribution is -2.05. The van der Waals surface area contributed by atoms with Crippen molar-refractivity contribution in [1.29, 1.82) is 0 Å². The quantitative estimate of drug-likeness (QED) is 0.709. The van der Waals surface area contributed by atoms with Crippen LogP contribution < -0.4 is 5.43 Å². The molecule has 1 fully saturated rings. The Labute approximate surface area is 74.4 Å². The van der Waals surface area contributed by atoms with E-state index in [1.54, 1.807) is 0 Å². The predicted molar refractivity (Wildman–Crippen MR) is 44.3 cm³/mol. The first kappa shape index (κ1) is 8.31. The summed E-state index contributed by atoms with van der Waals surface area (Å²) in [5.74, 6) is 0.0322. The molecule has 0 amide bonds. The zero-order chi connectivity index (χ0) is 9.42. The summed E-state index contributed by atoms with van der Waals surface area (Å²) in [4.78, 5) is 11.0. The van der Waals surface area contributed by atoms with Crippen molar-refractivity contribution >= 4 is 0 Å². The number of aliphatic hydroxyl groups excluding tert-OH is 1. The van der Waals surface area contributed by atoms with Gasteiger partial charge in [0.15, 0.2) is 5.75 Å². The Morgan fingerprint density at radius 3 is 2.77 bits per heavy atom. The minimum absolute atomic E-state index is 0.215. The molecule has 0 saturated heterocycles. The van der Waals surface area contributed by atoms with Gasteiger partial charge in [-0.3, -0.25) is 4.79 Å². The first-order valence-electron chi connectivity index (χ1n) is 4.18. The maximum atomic E-state index is 11.0. The Morgan fingerprint density at radius 1 is 1.54 bits per heavy atom. The molecule has 1 heterocycles. The van der Waals surface area contributed by atoms with Gasteiger partial charge in [-0.15, -0.1) is 0 Å². The summed E-state index contributed by atoms with van der Waals surface area (Å²) < 4.78 is 4.90. The van der Waals surface area contributed by atoms with Gasteiger partial charge >= 0.3 is 0 Å². The second-order valence-electron chi connectivity index (χ2n) is 3.31. The summed E-state index contributed by atoms with van der Waals surface area (Å²) >= 11 is 0. The topological polar surface area (TPSA) is 70.7 Å². The molecule has 0 aliphatic heterocycles. The van der Waals surface area contributed by atoms with Crippen LogP contribution in [0.25, 0.3) is 0 Å². The van der Waals surface area contributed by atoms with Crippen LogP contribution >= 0.6 is 0 Å². The number of rotatable bonds is 2. The Hall–Kier alpha value is -1.29. The molecule has 1 aliphatic rings. The minimum atomic E-state index is -0.701. The van der Waals surface area contributed by atoms with Gasteiger partial charge in [0.05, 0.1) is 0 Å². The lowest BCUT2D eigenvalue weighted by atomic mass is 10.2. The molecule has 1 aliphatic carbocycles. The molecule has 0 spiro atoms. The highest BCUT2D eigenvalue weighted by atomic mass is 16.4. The third-order valence-corrected chi connectivity index (χ3v) is 2.19. The third-order valence-electron chi connectivity index (χ3n) is 2.19. The normalized spacial score (nSPS) is 18.5. The number of aliphatic hydroxyl groups is 1. The van der Waals surface area contributed by atoms with E-state index in [1.807, 2.05) is 0 Å². The molecular formula is C9H10O4. The van der Waals surface area contributed by atoms with Crippen molar-refractivity contribution in [3.8, 4) is 5.75 Å². The molecule has 0 aromatic carbocycles. The fourth-order valence-electron chi connectivity index (χ4n) is 1.22. The van der Waals surface area contributed by atoms with Crippen LogP contribution in [0.1, 0.15) is 24.7 Å². The van der Waals surface area contributed by atoms with Crippen LogP contribution in [0.2, 0.25) is 0 Å². The second kappa shape index (κ2) is 2.88. The maximum absolute atomic E-state index is 11.0. The molecule has 1 aromatic heterocycles. The fourth-order valence-corrected chi connectivity index (χ4v) is 1.22. The van der Waals surface area contributed by atoms with Crippen LogP contribution in [0.15, 0.2) is 21.5 Å². The number of aromatic hydroxyl groups is 1. The van der Waals surface area contributed by atoms with E-state index in [1.165, 1.54) is 0 Å². The average Bonchev–Trinajstić information content (AvgIpc) is 2.91. The summed E-state index contributed by atoms with van der Waals surface area (Å²) in [6.07, 6.45) is 2.19. The predicted octanol–water partition coefficient (Wildman–Crippen LogP) is 0.789. The lowest BCUT2D eigenvalue weighted by Gasteiger charge is -2.06. The highest BCUT2D eigenvalue weighted by Crippen LogP contribution is 2.40. The molecule has 13 heavy (non-hydrogen) atoms. The molecule has 70 valence electrons. The van der Waals surface area contributed by atoms with Crippen LogP contribution in [0.3, 0.4) is 0 Å². The van der Waals surface area contributed by atoms with E-state index in [4.69, 9.17) is 9.52 Å². The molecule has 0 bridgehead atoms. The van der Waals surface area contributed by atoms with Gasteiger partial charge in [0.2, 0.25) is 5.43 Å². The van der Waals surface area contributed by atoms with Crippen LogP contribution in [-0.2, 0) is 0 Å². The molecule has 2 rings (SSSR count). The van der Waals surface area contributed by atoms with Gasteiger partial charge in [-0.05, 0) is 18.8 Å². The van der Waals surface area contributed by atoms with Gasteiger partial charge in [0, 0.05) is 6.07 Å². The Kier molecular flexibility index (Phi) is 1.84.